The summed E-state index contributed by atoms with van der Waals surface area (Å²) in [4.78, 5) is 25.6. The minimum atomic E-state index is -0.443. The van der Waals surface area contributed by atoms with Crippen molar-refractivity contribution in [1.29, 1.82) is 0 Å². The Balaban J connectivity index is 1.43. The monoisotopic (exact) mass is 567 g/mol. The molecule has 1 heterocycles. The standard InChI is InChI=1S/C23H13Cl4N3O2S2/c24-11-4-6-15(17(26)8-11)21(31)28-13-2-1-3-14(10-13)29-23(33)30-22(32)20-19(27)16-7-5-12(25)9-18(16)34-20/h1-10H,(H,28,31)(H2,29,30,32,33). The first-order valence-corrected chi connectivity index (χ1v) is 12.3. The maximum atomic E-state index is 12.7. The summed E-state index contributed by atoms with van der Waals surface area (Å²) in [6.07, 6.45) is 0. The molecular weight excluding hydrogens is 556 g/mol. The number of halogens is 4. The number of carbonyl (C=O) groups is 2. The lowest BCUT2D eigenvalue weighted by atomic mass is 10.2. The summed E-state index contributed by atoms with van der Waals surface area (Å²) >= 11 is 30.9. The van der Waals surface area contributed by atoms with E-state index < -0.39 is 11.8 Å². The number of benzene rings is 3. The predicted octanol–water partition coefficient (Wildman–Crippen LogP) is 7.89. The van der Waals surface area contributed by atoms with Crippen LogP contribution in [-0.4, -0.2) is 16.9 Å². The molecule has 0 fully saturated rings. The number of hydrogen-bond acceptors (Lipinski definition) is 4. The summed E-state index contributed by atoms with van der Waals surface area (Å²) in [5.41, 5.74) is 1.34. The van der Waals surface area contributed by atoms with Gasteiger partial charge in [0.25, 0.3) is 11.8 Å². The van der Waals surface area contributed by atoms with Gasteiger partial charge < -0.3 is 10.6 Å². The highest BCUT2D eigenvalue weighted by Crippen LogP contribution is 2.36. The van der Waals surface area contributed by atoms with Crippen molar-refractivity contribution in [2.45, 2.75) is 0 Å². The minimum Gasteiger partial charge on any atom is -0.332 e. The molecule has 11 heteroatoms. The Kier molecular flexibility index (Phi) is 7.62. The van der Waals surface area contributed by atoms with Gasteiger partial charge in [0.1, 0.15) is 4.88 Å². The summed E-state index contributed by atoms with van der Waals surface area (Å²) in [6.45, 7) is 0. The maximum absolute atomic E-state index is 12.7. The molecule has 0 unspecified atom stereocenters. The topological polar surface area (TPSA) is 70.2 Å². The Hall–Kier alpha value is -2.39. The van der Waals surface area contributed by atoms with Crippen molar-refractivity contribution in [1.82, 2.24) is 5.32 Å². The first-order chi connectivity index (χ1) is 16.2. The fraction of sp³-hybridized carbons (Fsp3) is 0. The molecule has 0 aliphatic heterocycles. The first-order valence-electron chi connectivity index (χ1n) is 9.57. The second-order valence-electron chi connectivity index (χ2n) is 6.95. The molecule has 3 aromatic carbocycles. The lowest BCUT2D eigenvalue weighted by molar-refractivity contribution is 0.0980. The zero-order valence-electron chi connectivity index (χ0n) is 16.9. The SMILES string of the molecule is O=C(Nc1cccc(NC(=S)NC(=O)c2sc3cc(Cl)ccc3c2Cl)c1)c1ccc(Cl)cc1Cl. The highest BCUT2D eigenvalue weighted by atomic mass is 35.5. The van der Waals surface area contributed by atoms with Crippen molar-refractivity contribution in [3.05, 3.63) is 91.2 Å². The van der Waals surface area contributed by atoms with Crippen LogP contribution in [0.25, 0.3) is 10.1 Å². The summed E-state index contributed by atoms with van der Waals surface area (Å²) in [6, 6.07) is 16.7. The number of rotatable bonds is 4. The van der Waals surface area contributed by atoms with Gasteiger partial charge in [0.05, 0.1) is 15.6 Å². The predicted molar refractivity (Wildman–Crippen MR) is 146 cm³/mol. The number of nitrogens with one attached hydrogen (secondary N) is 3. The lowest BCUT2D eigenvalue weighted by Crippen LogP contribution is -2.33. The zero-order valence-corrected chi connectivity index (χ0v) is 21.6. The van der Waals surface area contributed by atoms with Crippen LogP contribution in [0.15, 0.2) is 60.7 Å². The Morgan fingerprint density at radius 1 is 0.794 bits per heavy atom. The van der Waals surface area contributed by atoms with Gasteiger partial charge in [-0.05, 0) is 60.7 Å². The first kappa shape index (κ1) is 24.7. The lowest BCUT2D eigenvalue weighted by Gasteiger charge is -2.11. The van der Waals surface area contributed by atoms with E-state index >= 15 is 0 Å². The molecule has 0 aliphatic carbocycles. The Morgan fingerprint density at radius 2 is 1.47 bits per heavy atom. The summed E-state index contributed by atoms with van der Waals surface area (Å²) in [5.74, 6) is -0.837. The molecule has 4 rings (SSSR count). The molecule has 0 spiro atoms. The van der Waals surface area contributed by atoms with Crippen molar-refractivity contribution in [3.63, 3.8) is 0 Å². The van der Waals surface area contributed by atoms with Gasteiger partial charge in [0.2, 0.25) is 0 Å². The molecule has 4 aromatic rings. The largest absolute Gasteiger partial charge is 0.332 e. The average Bonchev–Trinajstić information content (AvgIpc) is 3.09. The van der Waals surface area contributed by atoms with E-state index in [2.05, 4.69) is 16.0 Å². The molecule has 0 saturated carbocycles. The van der Waals surface area contributed by atoms with Crippen LogP contribution in [0.4, 0.5) is 11.4 Å². The van der Waals surface area contributed by atoms with Crippen LogP contribution in [0, 0.1) is 0 Å². The van der Waals surface area contributed by atoms with Crippen LogP contribution in [0.1, 0.15) is 20.0 Å². The number of fused-ring (bicyclic) bond motifs is 1. The maximum Gasteiger partial charge on any atom is 0.269 e. The second-order valence-corrected chi connectivity index (χ2v) is 10.1. The number of hydrogen-bond donors (Lipinski definition) is 3. The second kappa shape index (κ2) is 10.5. The van der Waals surface area contributed by atoms with Crippen molar-refractivity contribution in [2.24, 2.45) is 0 Å². The van der Waals surface area contributed by atoms with E-state index in [1.54, 1.807) is 54.6 Å². The van der Waals surface area contributed by atoms with E-state index in [9.17, 15) is 9.59 Å². The molecular formula is C23H13Cl4N3O2S2. The summed E-state index contributed by atoms with van der Waals surface area (Å²) < 4.78 is 0.797. The fourth-order valence-corrected chi connectivity index (χ4v) is 5.45. The van der Waals surface area contributed by atoms with Gasteiger partial charge in [-0.3, -0.25) is 14.9 Å². The molecule has 1 aromatic heterocycles. The van der Waals surface area contributed by atoms with Crippen LogP contribution >= 0.6 is 70.0 Å². The highest BCUT2D eigenvalue weighted by molar-refractivity contribution is 7.80. The van der Waals surface area contributed by atoms with E-state index in [4.69, 9.17) is 58.6 Å². The highest BCUT2D eigenvalue weighted by Gasteiger charge is 2.18. The Morgan fingerprint density at radius 3 is 2.21 bits per heavy atom. The molecule has 0 radical (unpaired) electrons. The van der Waals surface area contributed by atoms with Crippen LogP contribution in [0.5, 0.6) is 0 Å². The molecule has 172 valence electrons. The number of amides is 2. The van der Waals surface area contributed by atoms with Gasteiger partial charge >= 0.3 is 0 Å². The van der Waals surface area contributed by atoms with Gasteiger partial charge in [-0.25, -0.2) is 0 Å². The number of anilines is 2. The molecule has 2 amide bonds. The fourth-order valence-electron chi connectivity index (χ4n) is 3.05. The van der Waals surface area contributed by atoms with Crippen LogP contribution in [0.2, 0.25) is 20.1 Å². The van der Waals surface area contributed by atoms with Crippen LogP contribution < -0.4 is 16.0 Å². The third-order valence-corrected chi connectivity index (χ3v) is 7.22. The number of thiocarbonyl (C=S) groups is 1. The van der Waals surface area contributed by atoms with E-state index in [-0.39, 0.29) is 15.7 Å². The van der Waals surface area contributed by atoms with Gasteiger partial charge in [-0.2, -0.15) is 0 Å². The molecule has 0 aliphatic rings. The molecule has 0 bridgehead atoms. The summed E-state index contributed by atoms with van der Waals surface area (Å²) in [7, 11) is 0. The average molecular weight is 569 g/mol. The van der Waals surface area contributed by atoms with Gasteiger partial charge in [-0.1, -0.05) is 58.5 Å². The third-order valence-electron chi connectivity index (χ3n) is 4.58. The number of thiophene rings is 1. The molecule has 5 nitrogen and oxygen atoms in total. The Labute approximate surface area is 224 Å². The van der Waals surface area contributed by atoms with Gasteiger partial charge in [0.15, 0.2) is 5.11 Å². The van der Waals surface area contributed by atoms with Crippen molar-refractivity contribution >= 4 is 108 Å². The van der Waals surface area contributed by atoms with Crippen molar-refractivity contribution in [2.75, 3.05) is 10.6 Å². The van der Waals surface area contributed by atoms with Crippen molar-refractivity contribution in [3.8, 4) is 0 Å². The molecule has 3 N–H and O–H groups in total. The minimum absolute atomic E-state index is 0.0702. The van der Waals surface area contributed by atoms with E-state index in [0.29, 0.717) is 31.3 Å². The molecule has 0 atom stereocenters. The number of carbonyl (C=O) groups excluding carboxylic acids is 2. The van der Waals surface area contributed by atoms with E-state index in [0.717, 1.165) is 10.1 Å². The van der Waals surface area contributed by atoms with Crippen LogP contribution in [0.3, 0.4) is 0 Å². The Bertz CT molecular complexity index is 1460. The van der Waals surface area contributed by atoms with Gasteiger partial charge in [-0.15, -0.1) is 11.3 Å². The normalized spacial score (nSPS) is 10.7. The third kappa shape index (κ3) is 5.63. The van der Waals surface area contributed by atoms with Crippen molar-refractivity contribution < 1.29 is 9.59 Å². The van der Waals surface area contributed by atoms with E-state index in [1.165, 1.54) is 17.4 Å². The molecule has 0 saturated heterocycles. The zero-order chi connectivity index (χ0) is 24.4. The quantitative estimate of drug-likeness (QED) is 0.219. The molecule has 34 heavy (non-hydrogen) atoms. The summed E-state index contributed by atoms with van der Waals surface area (Å²) in [5, 5.41) is 10.7. The van der Waals surface area contributed by atoms with Crippen LogP contribution in [-0.2, 0) is 0 Å². The van der Waals surface area contributed by atoms with E-state index in [1.807, 2.05) is 0 Å². The smallest absolute Gasteiger partial charge is 0.269 e. The van der Waals surface area contributed by atoms with Gasteiger partial charge in [0, 0.05) is 31.5 Å².